The lowest BCUT2D eigenvalue weighted by atomic mass is 10.3. The van der Waals surface area contributed by atoms with Gasteiger partial charge in [-0.05, 0) is 13.0 Å². The molecule has 7 heteroatoms. The van der Waals surface area contributed by atoms with Crippen LogP contribution in [-0.2, 0) is 9.84 Å². The van der Waals surface area contributed by atoms with Crippen molar-refractivity contribution in [1.82, 2.24) is 9.97 Å². The highest BCUT2D eigenvalue weighted by atomic mass is 32.2. The molecule has 0 saturated heterocycles. The maximum Gasteiger partial charge on any atom is 0.280 e. The molecule has 14 heavy (non-hydrogen) atoms. The van der Waals surface area contributed by atoms with Crippen molar-refractivity contribution in [3.63, 3.8) is 0 Å². The fourth-order valence-electron chi connectivity index (χ4n) is 0.842. The molecule has 0 amide bonds. The van der Waals surface area contributed by atoms with Crippen LogP contribution in [-0.4, -0.2) is 24.6 Å². The smallest absolute Gasteiger partial charge is 0.224 e. The van der Waals surface area contributed by atoms with Crippen LogP contribution >= 0.6 is 0 Å². The number of nitrogens with zero attached hydrogens (tertiary/aromatic N) is 2. The molecule has 4 nitrogen and oxygen atoms in total. The Morgan fingerprint density at radius 1 is 1.36 bits per heavy atom. The summed E-state index contributed by atoms with van der Waals surface area (Å²) in [6.45, 7) is 1.43. The molecule has 0 unspecified atom stereocenters. The third-order valence-corrected chi connectivity index (χ3v) is 2.25. The molecule has 0 N–H and O–H groups in total. The molecule has 0 bridgehead atoms. The monoisotopic (exact) mass is 222 g/mol. The molecule has 1 aromatic rings. The van der Waals surface area contributed by atoms with Crippen LogP contribution in [0.2, 0.25) is 0 Å². The summed E-state index contributed by atoms with van der Waals surface area (Å²) in [6.07, 6.45) is -1.92. The molecule has 0 saturated carbocycles. The Kier molecular flexibility index (Phi) is 2.79. The number of hydrogen-bond acceptors (Lipinski definition) is 4. The van der Waals surface area contributed by atoms with Gasteiger partial charge in [0.2, 0.25) is 15.0 Å². The number of hydrogen-bond donors (Lipinski definition) is 0. The average molecular weight is 222 g/mol. The van der Waals surface area contributed by atoms with E-state index in [1.165, 1.54) is 6.92 Å². The zero-order valence-electron chi connectivity index (χ0n) is 7.53. The molecule has 78 valence electrons. The number of aryl methyl sites for hydroxylation is 1. The van der Waals surface area contributed by atoms with Crippen LogP contribution in [0.15, 0.2) is 11.2 Å². The van der Waals surface area contributed by atoms with Gasteiger partial charge in [0.15, 0.2) is 0 Å². The Balaban J connectivity index is 3.35. The van der Waals surface area contributed by atoms with Crippen molar-refractivity contribution >= 4 is 9.84 Å². The predicted molar refractivity (Wildman–Crippen MR) is 44.8 cm³/mol. The van der Waals surface area contributed by atoms with Crippen LogP contribution in [0.3, 0.4) is 0 Å². The van der Waals surface area contributed by atoms with Crippen molar-refractivity contribution in [3.05, 3.63) is 17.5 Å². The lowest BCUT2D eigenvalue weighted by Gasteiger charge is -2.02. The summed E-state index contributed by atoms with van der Waals surface area (Å²) in [5.74, 6) is 0. The van der Waals surface area contributed by atoms with Crippen molar-refractivity contribution in [3.8, 4) is 0 Å². The lowest BCUT2D eigenvalue weighted by Crippen LogP contribution is -2.07. The second-order valence-electron chi connectivity index (χ2n) is 2.79. The Bertz CT molecular complexity index is 445. The third-order valence-electron chi connectivity index (χ3n) is 1.41. The molecule has 0 aromatic carbocycles. The van der Waals surface area contributed by atoms with Crippen LogP contribution in [0, 0.1) is 6.92 Å². The van der Waals surface area contributed by atoms with E-state index in [1.54, 1.807) is 0 Å². The van der Waals surface area contributed by atoms with E-state index in [-0.39, 0.29) is 5.69 Å². The Labute approximate surface area is 79.9 Å². The molecule has 0 aliphatic carbocycles. The van der Waals surface area contributed by atoms with E-state index < -0.39 is 27.1 Å². The van der Waals surface area contributed by atoms with Crippen LogP contribution in [0.4, 0.5) is 8.78 Å². The molecule has 0 aliphatic heterocycles. The minimum absolute atomic E-state index is 0.204. The summed E-state index contributed by atoms with van der Waals surface area (Å²) in [5, 5.41) is -0.562. The zero-order chi connectivity index (χ0) is 10.9. The molecule has 1 rings (SSSR count). The molecule has 0 spiro atoms. The first-order chi connectivity index (χ1) is 6.30. The maximum atomic E-state index is 12.2. The van der Waals surface area contributed by atoms with Gasteiger partial charge in [0.05, 0.1) is 0 Å². The van der Waals surface area contributed by atoms with Gasteiger partial charge in [-0.1, -0.05) is 0 Å². The van der Waals surface area contributed by atoms with Gasteiger partial charge < -0.3 is 0 Å². The maximum absolute atomic E-state index is 12.2. The topological polar surface area (TPSA) is 59.9 Å². The zero-order valence-corrected chi connectivity index (χ0v) is 8.35. The van der Waals surface area contributed by atoms with Crippen LogP contribution < -0.4 is 0 Å². The summed E-state index contributed by atoms with van der Waals surface area (Å²) in [5.41, 5.74) is -0.367. The molecule has 1 aromatic heterocycles. The van der Waals surface area contributed by atoms with Crippen molar-refractivity contribution in [2.24, 2.45) is 0 Å². The molecule has 0 radical (unpaired) electrons. The predicted octanol–water partition coefficient (Wildman–Crippen LogP) is 1.13. The molecule has 0 fully saturated rings. The number of aromatic nitrogens is 2. The van der Waals surface area contributed by atoms with Crippen molar-refractivity contribution < 1.29 is 17.2 Å². The van der Waals surface area contributed by atoms with E-state index in [4.69, 9.17) is 0 Å². The molecular weight excluding hydrogens is 214 g/mol. The number of halogens is 2. The van der Waals surface area contributed by atoms with Gasteiger partial charge in [0, 0.05) is 11.9 Å². The van der Waals surface area contributed by atoms with Gasteiger partial charge in [-0.25, -0.2) is 27.2 Å². The summed E-state index contributed by atoms with van der Waals surface area (Å²) in [7, 11) is -3.64. The second kappa shape index (κ2) is 3.56. The van der Waals surface area contributed by atoms with E-state index in [2.05, 4.69) is 9.97 Å². The molecule has 0 atom stereocenters. The second-order valence-corrected chi connectivity index (χ2v) is 4.70. The van der Waals surface area contributed by atoms with Crippen molar-refractivity contribution in [1.29, 1.82) is 0 Å². The minimum Gasteiger partial charge on any atom is -0.224 e. The first kappa shape index (κ1) is 11.0. The van der Waals surface area contributed by atoms with Crippen LogP contribution in [0.1, 0.15) is 17.8 Å². The summed E-state index contributed by atoms with van der Waals surface area (Å²) >= 11 is 0. The third kappa shape index (κ3) is 2.44. The highest BCUT2D eigenvalue weighted by Gasteiger charge is 2.17. The Morgan fingerprint density at radius 3 is 2.36 bits per heavy atom. The highest BCUT2D eigenvalue weighted by molar-refractivity contribution is 7.90. The minimum atomic E-state index is -3.64. The van der Waals surface area contributed by atoms with Gasteiger partial charge in [-0.15, -0.1) is 0 Å². The highest BCUT2D eigenvalue weighted by Crippen LogP contribution is 2.17. The van der Waals surface area contributed by atoms with Gasteiger partial charge in [0.1, 0.15) is 5.69 Å². The summed E-state index contributed by atoms with van der Waals surface area (Å²) < 4.78 is 46.4. The Hall–Kier alpha value is -1.11. The number of sulfone groups is 1. The van der Waals surface area contributed by atoms with Gasteiger partial charge in [-0.3, -0.25) is 0 Å². The fraction of sp³-hybridized carbons (Fsp3) is 0.429. The van der Waals surface area contributed by atoms with E-state index in [9.17, 15) is 17.2 Å². The fourth-order valence-corrected chi connectivity index (χ4v) is 1.42. The number of rotatable bonds is 2. The molecule has 0 aliphatic rings. The molecular formula is C7H8F2N2O2S. The quantitative estimate of drug-likeness (QED) is 0.704. The number of alkyl halides is 2. The van der Waals surface area contributed by atoms with E-state index in [0.717, 1.165) is 12.3 Å². The van der Waals surface area contributed by atoms with Gasteiger partial charge in [-0.2, -0.15) is 0 Å². The largest absolute Gasteiger partial charge is 0.280 e. The summed E-state index contributed by atoms with van der Waals surface area (Å²) in [6, 6.07) is 1.05. The van der Waals surface area contributed by atoms with E-state index in [0.29, 0.717) is 0 Å². The van der Waals surface area contributed by atoms with Crippen molar-refractivity contribution in [2.75, 3.05) is 6.26 Å². The first-order valence-corrected chi connectivity index (χ1v) is 5.53. The summed E-state index contributed by atoms with van der Waals surface area (Å²) in [4.78, 5) is 6.81. The average Bonchev–Trinajstić information content (AvgIpc) is 2.01. The van der Waals surface area contributed by atoms with Crippen LogP contribution in [0.5, 0.6) is 0 Å². The van der Waals surface area contributed by atoms with E-state index in [1.807, 2.05) is 0 Å². The van der Waals surface area contributed by atoms with Crippen LogP contribution in [0.25, 0.3) is 0 Å². The van der Waals surface area contributed by atoms with Gasteiger partial charge >= 0.3 is 0 Å². The SMILES string of the molecule is Cc1cc(C(F)F)nc(S(C)(=O)=O)n1. The molecule has 1 heterocycles. The standard InChI is InChI=1S/C7H8F2N2O2S/c1-4-3-5(6(8)9)11-7(10-4)14(2,12)13/h3,6H,1-2H3. The van der Waals surface area contributed by atoms with E-state index >= 15 is 0 Å². The lowest BCUT2D eigenvalue weighted by molar-refractivity contribution is 0.144. The van der Waals surface area contributed by atoms with Crippen molar-refractivity contribution in [2.45, 2.75) is 18.5 Å². The normalized spacial score (nSPS) is 12.1. The Morgan fingerprint density at radius 2 is 1.93 bits per heavy atom. The van der Waals surface area contributed by atoms with Gasteiger partial charge in [0.25, 0.3) is 6.43 Å². The first-order valence-electron chi connectivity index (χ1n) is 3.64.